The smallest absolute Gasteiger partial charge is 0.220 e. The first-order chi connectivity index (χ1) is 8.62. The Morgan fingerprint density at radius 2 is 2.00 bits per heavy atom. The number of hydrogen-bond acceptors (Lipinski definition) is 2. The van der Waals surface area contributed by atoms with Gasteiger partial charge in [-0.05, 0) is 49.9 Å². The summed E-state index contributed by atoms with van der Waals surface area (Å²) in [7, 11) is 0. The summed E-state index contributed by atoms with van der Waals surface area (Å²) < 4.78 is 0. The van der Waals surface area contributed by atoms with Gasteiger partial charge in [-0.25, -0.2) is 0 Å². The zero-order valence-electron chi connectivity index (χ0n) is 11.7. The van der Waals surface area contributed by atoms with Crippen LogP contribution in [0.15, 0.2) is 0 Å². The third-order valence-electron chi connectivity index (χ3n) is 5.39. The minimum absolute atomic E-state index is 0.0441. The first-order valence-electron chi connectivity index (χ1n) is 7.54. The average Bonchev–Trinajstić information content (AvgIpc) is 2.98. The van der Waals surface area contributed by atoms with Crippen molar-refractivity contribution in [1.82, 2.24) is 5.32 Å². The number of amides is 1. The van der Waals surface area contributed by atoms with Crippen molar-refractivity contribution in [3.63, 3.8) is 0 Å². The summed E-state index contributed by atoms with van der Waals surface area (Å²) >= 11 is 0. The van der Waals surface area contributed by atoms with Gasteiger partial charge in [-0.15, -0.1) is 0 Å². The molecule has 3 unspecified atom stereocenters. The van der Waals surface area contributed by atoms with Gasteiger partial charge in [0.2, 0.25) is 5.91 Å². The third-order valence-corrected chi connectivity index (χ3v) is 5.39. The van der Waals surface area contributed by atoms with E-state index < -0.39 is 5.54 Å². The summed E-state index contributed by atoms with van der Waals surface area (Å²) in [4.78, 5) is 12.1. The van der Waals surface area contributed by atoms with Crippen molar-refractivity contribution >= 4 is 5.91 Å². The second-order valence-corrected chi connectivity index (χ2v) is 6.33. The van der Waals surface area contributed by atoms with Crippen molar-refractivity contribution in [3.05, 3.63) is 0 Å². The molecule has 2 saturated carbocycles. The lowest BCUT2D eigenvalue weighted by Crippen LogP contribution is -2.51. The lowest BCUT2D eigenvalue weighted by Gasteiger charge is -2.32. The van der Waals surface area contributed by atoms with E-state index in [0.29, 0.717) is 12.3 Å². The van der Waals surface area contributed by atoms with Crippen molar-refractivity contribution < 1.29 is 9.90 Å². The molecule has 0 spiro atoms. The Morgan fingerprint density at radius 3 is 2.44 bits per heavy atom. The first kappa shape index (κ1) is 13.9. The van der Waals surface area contributed by atoms with E-state index in [4.69, 9.17) is 0 Å². The van der Waals surface area contributed by atoms with Crippen LogP contribution in [-0.4, -0.2) is 23.2 Å². The number of nitrogens with one attached hydrogen (secondary N) is 1. The van der Waals surface area contributed by atoms with Crippen LogP contribution in [0.1, 0.15) is 58.8 Å². The van der Waals surface area contributed by atoms with Crippen LogP contribution in [-0.2, 0) is 4.79 Å². The molecule has 104 valence electrons. The van der Waals surface area contributed by atoms with Gasteiger partial charge < -0.3 is 10.4 Å². The highest BCUT2D eigenvalue weighted by Crippen LogP contribution is 2.49. The van der Waals surface area contributed by atoms with Crippen molar-refractivity contribution in [3.8, 4) is 0 Å². The number of aliphatic hydroxyl groups is 1. The Hall–Kier alpha value is -0.570. The van der Waals surface area contributed by atoms with Gasteiger partial charge in [-0.1, -0.05) is 20.3 Å². The van der Waals surface area contributed by atoms with Crippen LogP contribution < -0.4 is 5.32 Å². The largest absolute Gasteiger partial charge is 0.394 e. The van der Waals surface area contributed by atoms with Gasteiger partial charge in [0.25, 0.3) is 0 Å². The van der Waals surface area contributed by atoms with Crippen molar-refractivity contribution in [2.75, 3.05) is 6.61 Å². The molecule has 2 rings (SSSR count). The molecule has 3 atom stereocenters. The van der Waals surface area contributed by atoms with E-state index in [0.717, 1.165) is 24.7 Å². The standard InChI is InChI=1S/C15H27NO2/c1-3-15(4-2,10-17)16-14(18)9-13-8-11-5-6-12(13)7-11/h11-13,17H,3-10H2,1-2H3,(H,16,18). The summed E-state index contributed by atoms with van der Waals surface area (Å²) in [6, 6.07) is 0. The molecule has 2 fully saturated rings. The number of rotatable bonds is 6. The molecule has 0 aromatic heterocycles. The fourth-order valence-electron chi connectivity index (χ4n) is 3.90. The summed E-state index contributed by atoms with van der Waals surface area (Å²) in [5.41, 5.74) is -0.394. The molecule has 2 N–H and O–H groups in total. The van der Waals surface area contributed by atoms with Gasteiger partial charge in [0.1, 0.15) is 0 Å². The number of hydrogen-bond donors (Lipinski definition) is 2. The van der Waals surface area contributed by atoms with E-state index in [1.165, 1.54) is 25.7 Å². The predicted octanol–water partition coefficient (Wildman–Crippen LogP) is 2.48. The molecule has 0 aliphatic heterocycles. The molecule has 2 aliphatic carbocycles. The van der Waals surface area contributed by atoms with Gasteiger partial charge in [0, 0.05) is 6.42 Å². The van der Waals surface area contributed by atoms with Crippen LogP contribution in [0.5, 0.6) is 0 Å². The molecule has 3 heteroatoms. The van der Waals surface area contributed by atoms with Crippen LogP contribution in [0.4, 0.5) is 0 Å². The normalized spacial score (nSPS) is 30.7. The maximum Gasteiger partial charge on any atom is 0.220 e. The monoisotopic (exact) mass is 253 g/mol. The lowest BCUT2D eigenvalue weighted by molar-refractivity contribution is -0.125. The maximum absolute atomic E-state index is 12.1. The van der Waals surface area contributed by atoms with E-state index in [1.807, 2.05) is 13.8 Å². The Labute approximate surface area is 110 Å². The van der Waals surface area contributed by atoms with Crippen LogP contribution in [0.25, 0.3) is 0 Å². The second kappa shape index (κ2) is 5.60. The van der Waals surface area contributed by atoms with Gasteiger partial charge >= 0.3 is 0 Å². The topological polar surface area (TPSA) is 49.3 Å². The fraction of sp³-hybridized carbons (Fsp3) is 0.933. The molecule has 0 aromatic rings. The molecule has 18 heavy (non-hydrogen) atoms. The van der Waals surface area contributed by atoms with Gasteiger partial charge in [0.15, 0.2) is 0 Å². The molecule has 0 aromatic carbocycles. The Morgan fingerprint density at radius 1 is 1.28 bits per heavy atom. The Bertz CT molecular complexity index is 291. The fourth-order valence-corrected chi connectivity index (χ4v) is 3.90. The average molecular weight is 253 g/mol. The van der Waals surface area contributed by atoms with E-state index in [2.05, 4.69) is 5.32 Å². The summed E-state index contributed by atoms with van der Waals surface area (Å²) in [5.74, 6) is 2.44. The van der Waals surface area contributed by atoms with Crippen LogP contribution in [0.2, 0.25) is 0 Å². The molecule has 2 bridgehead atoms. The molecular formula is C15H27NO2. The molecule has 3 nitrogen and oxygen atoms in total. The Balaban J connectivity index is 1.85. The Kier molecular flexibility index (Phi) is 4.31. The zero-order valence-corrected chi connectivity index (χ0v) is 11.7. The van der Waals surface area contributed by atoms with E-state index in [9.17, 15) is 9.90 Å². The zero-order chi connectivity index (χ0) is 13.2. The van der Waals surface area contributed by atoms with Gasteiger partial charge in [-0.2, -0.15) is 0 Å². The summed E-state index contributed by atoms with van der Waals surface area (Å²) in [6.45, 7) is 4.09. The van der Waals surface area contributed by atoms with Crippen molar-refractivity contribution in [1.29, 1.82) is 0 Å². The molecule has 1 amide bonds. The second-order valence-electron chi connectivity index (χ2n) is 6.33. The molecular weight excluding hydrogens is 226 g/mol. The van der Waals surface area contributed by atoms with Crippen LogP contribution >= 0.6 is 0 Å². The minimum Gasteiger partial charge on any atom is -0.394 e. The van der Waals surface area contributed by atoms with Crippen molar-refractivity contribution in [2.24, 2.45) is 17.8 Å². The van der Waals surface area contributed by atoms with Crippen LogP contribution in [0, 0.1) is 17.8 Å². The highest BCUT2D eigenvalue weighted by atomic mass is 16.3. The quantitative estimate of drug-likeness (QED) is 0.764. The highest BCUT2D eigenvalue weighted by molar-refractivity contribution is 5.77. The number of carbonyl (C=O) groups is 1. The number of carbonyl (C=O) groups excluding carboxylic acids is 1. The summed E-state index contributed by atoms with van der Waals surface area (Å²) in [5, 5.41) is 12.6. The highest BCUT2D eigenvalue weighted by Gasteiger charge is 2.40. The molecule has 0 saturated heterocycles. The first-order valence-corrected chi connectivity index (χ1v) is 7.54. The van der Waals surface area contributed by atoms with Crippen LogP contribution in [0.3, 0.4) is 0 Å². The molecule has 0 radical (unpaired) electrons. The van der Waals surface area contributed by atoms with E-state index in [1.54, 1.807) is 0 Å². The van der Waals surface area contributed by atoms with Gasteiger partial charge in [0.05, 0.1) is 12.1 Å². The SMILES string of the molecule is CCC(CC)(CO)NC(=O)CC1CC2CCC1C2. The van der Waals surface area contributed by atoms with Crippen molar-refractivity contribution in [2.45, 2.75) is 64.3 Å². The molecule has 2 aliphatic rings. The minimum atomic E-state index is -0.394. The number of aliphatic hydroxyl groups excluding tert-OH is 1. The predicted molar refractivity (Wildman–Crippen MR) is 72.1 cm³/mol. The maximum atomic E-state index is 12.1. The van der Waals surface area contributed by atoms with Gasteiger partial charge in [-0.3, -0.25) is 4.79 Å². The third kappa shape index (κ3) is 2.71. The van der Waals surface area contributed by atoms with E-state index in [-0.39, 0.29) is 12.5 Å². The van der Waals surface area contributed by atoms with E-state index >= 15 is 0 Å². The summed E-state index contributed by atoms with van der Waals surface area (Å²) in [6.07, 6.45) is 7.57. The number of fused-ring (bicyclic) bond motifs is 2. The molecule has 0 heterocycles. The lowest BCUT2D eigenvalue weighted by atomic mass is 9.85.